The summed E-state index contributed by atoms with van der Waals surface area (Å²) in [4.78, 5) is 22.2. The summed E-state index contributed by atoms with van der Waals surface area (Å²) >= 11 is 5.12. The van der Waals surface area contributed by atoms with E-state index in [0.29, 0.717) is 16.9 Å². The highest BCUT2D eigenvalue weighted by Crippen LogP contribution is 2.26. The molecule has 0 N–H and O–H groups in total. The molecular weight excluding hydrogens is 375 g/mol. The van der Waals surface area contributed by atoms with Crippen LogP contribution in [0.4, 0.5) is 0 Å². The third-order valence-electron chi connectivity index (χ3n) is 1.83. The molecule has 1 aromatic rings. The summed E-state index contributed by atoms with van der Waals surface area (Å²) in [6.45, 7) is 0. The minimum absolute atomic E-state index is 0.0614. The molecule has 5 heteroatoms. The van der Waals surface area contributed by atoms with Gasteiger partial charge in [-0.05, 0) is 34.7 Å². The Morgan fingerprint density at radius 2 is 2.27 bits per heavy atom. The number of rotatable bonds is 4. The van der Waals surface area contributed by atoms with Gasteiger partial charge in [0.2, 0.25) is 0 Å². The van der Waals surface area contributed by atoms with Gasteiger partial charge in [-0.1, -0.05) is 15.9 Å². The number of hydrogen-bond donors (Lipinski definition) is 0. The lowest BCUT2D eigenvalue weighted by Gasteiger charge is -2.09. The summed E-state index contributed by atoms with van der Waals surface area (Å²) in [5, 5.41) is 0.236. The van der Waals surface area contributed by atoms with E-state index in [-0.39, 0.29) is 11.1 Å². The zero-order valence-electron chi connectivity index (χ0n) is 7.92. The van der Waals surface area contributed by atoms with E-state index in [1.807, 2.05) is 22.6 Å². The van der Waals surface area contributed by atoms with Crippen LogP contribution in [0.5, 0.6) is 5.75 Å². The number of Topliss-reactive ketones (excluding diaryl/α,β-unsaturated/α-hetero) is 1. The van der Waals surface area contributed by atoms with Crippen LogP contribution in [0.2, 0.25) is 0 Å². The van der Waals surface area contributed by atoms with Crippen LogP contribution in [0, 0.1) is 3.57 Å². The van der Waals surface area contributed by atoms with E-state index >= 15 is 0 Å². The molecule has 0 saturated heterocycles. The number of methoxy groups -OCH3 is 1. The van der Waals surface area contributed by atoms with Crippen molar-refractivity contribution in [2.75, 3.05) is 12.4 Å². The molecule has 0 heterocycles. The molecule has 0 aliphatic carbocycles. The summed E-state index contributed by atoms with van der Waals surface area (Å²) < 4.78 is 5.81. The van der Waals surface area contributed by atoms with Crippen LogP contribution in [0.1, 0.15) is 20.7 Å². The quantitative estimate of drug-likeness (QED) is 0.348. The maximum Gasteiger partial charge on any atom is 0.178 e. The second-order valence-electron chi connectivity index (χ2n) is 2.75. The van der Waals surface area contributed by atoms with Crippen LogP contribution >= 0.6 is 38.5 Å². The van der Waals surface area contributed by atoms with Crippen LogP contribution < -0.4 is 4.74 Å². The summed E-state index contributed by atoms with van der Waals surface area (Å²) in [5.74, 6) is 0.377. The fraction of sp³-hybridized carbons (Fsp3) is 0.200. The number of carbonyl (C=O) groups is 2. The predicted molar refractivity (Wildman–Crippen MR) is 69.2 cm³/mol. The number of benzene rings is 1. The van der Waals surface area contributed by atoms with E-state index in [1.54, 1.807) is 12.1 Å². The van der Waals surface area contributed by atoms with Gasteiger partial charge >= 0.3 is 0 Å². The molecule has 0 aliphatic rings. The molecule has 0 aromatic heterocycles. The molecule has 1 rings (SSSR count). The van der Waals surface area contributed by atoms with Crippen molar-refractivity contribution in [2.24, 2.45) is 0 Å². The zero-order chi connectivity index (χ0) is 11.4. The monoisotopic (exact) mass is 382 g/mol. The number of alkyl halides is 1. The largest absolute Gasteiger partial charge is 0.496 e. The minimum atomic E-state index is -0.0614. The van der Waals surface area contributed by atoms with Gasteiger partial charge in [0, 0.05) is 9.13 Å². The van der Waals surface area contributed by atoms with Gasteiger partial charge in [0.1, 0.15) is 12.0 Å². The van der Waals surface area contributed by atoms with Gasteiger partial charge in [0.25, 0.3) is 0 Å². The molecule has 0 amide bonds. The molecule has 1 aromatic carbocycles. The molecule has 0 spiro atoms. The third-order valence-corrected chi connectivity index (χ3v) is 3.19. The van der Waals surface area contributed by atoms with Gasteiger partial charge in [0.05, 0.1) is 18.0 Å². The first-order chi connectivity index (χ1) is 7.13. The Labute approximate surface area is 109 Å². The Morgan fingerprint density at radius 3 is 2.73 bits per heavy atom. The molecule has 3 nitrogen and oxygen atoms in total. The Morgan fingerprint density at radius 1 is 1.60 bits per heavy atom. The molecule has 0 aliphatic heterocycles. The summed E-state index contributed by atoms with van der Waals surface area (Å²) in [7, 11) is 1.48. The van der Waals surface area contributed by atoms with E-state index in [1.165, 1.54) is 7.11 Å². The van der Waals surface area contributed by atoms with Crippen LogP contribution in [0.25, 0.3) is 0 Å². The lowest BCUT2D eigenvalue weighted by molar-refractivity contribution is 0.101. The number of aldehydes is 1. The molecule has 0 saturated carbocycles. The van der Waals surface area contributed by atoms with Crippen molar-refractivity contribution in [2.45, 2.75) is 0 Å². The zero-order valence-corrected chi connectivity index (χ0v) is 11.7. The van der Waals surface area contributed by atoms with Crippen molar-refractivity contribution in [3.63, 3.8) is 0 Å². The second kappa shape index (κ2) is 5.60. The molecule has 15 heavy (non-hydrogen) atoms. The van der Waals surface area contributed by atoms with Crippen molar-refractivity contribution in [1.29, 1.82) is 0 Å². The maximum absolute atomic E-state index is 11.6. The standard InChI is InChI=1S/C10H8BrIO3/c1-15-9-3-6(5-13)2-7(12)10(9)8(14)4-11/h2-3,5H,4H2,1H3. The van der Waals surface area contributed by atoms with Gasteiger partial charge in [-0.2, -0.15) is 0 Å². The van der Waals surface area contributed by atoms with Gasteiger partial charge < -0.3 is 4.74 Å². The van der Waals surface area contributed by atoms with Crippen molar-refractivity contribution in [1.82, 2.24) is 0 Å². The fourth-order valence-electron chi connectivity index (χ4n) is 1.17. The first-order valence-corrected chi connectivity index (χ1v) is 6.26. The topological polar surface area (TPSA) is 43.4 Å². The first kappa shape index (κ1) is 12.6. The first-order valence-electron chi connectivity index (χ1n) is 4.06. The van der Waals surface area contributed by atoms with Gasteiger partial charge in [-0.15, -0.1) is 0 Å². The molecule has 0 fully saturated rings. The molecule has 0 bridgehead atoms. The average molecular weight is 383 g/mol. The highest BCUT2D eigenvalue weighted by molar-refractivity contribution is 14.1. The predicted octanol–water partition coefficient (Wildman–Crippen LogP) is 2.69. The van der Waals surface area contributed by atoms with Crippen molar-refractivity contribution in [3.05, 3.63) is 26.8 Å². The van der Waals surface area contributed by atoms with E-state index in [4.69, 9.17) is 4.74 Å². The van der Waals surface area contributed by atoms with Gasteiger partial charge in [0.15, 0.2) is 5.78 Å². The van der Waals surface area contributed by atoms with Gasteiger partial charge in [-0.3, -0.25) is 9.59 Å². The van der Waals surface area contributed by atoms with E-state index in [9.17, 15) is 9.59 Å². The van der Waals surface area contributed by atoms with E-state index < -0.39 is 0 Å². The third kappa shape index (κ3) is 2.78. The fourth-order valence-corrected chi connectivity index (χ4v) is 2.37. The van der Waals surface area contributed by atoms with Crippen molar-refractivity contribution >= 4 is 50.6 Å². The lowest BCUT2D eigenvalue weighted by Crippen LogP contribution is -2.06. The number of ketones is 1. The summed E-state index contributed by atoms with van der Waals surface area (Å²) in [6, 6.07) is 3.22. The Balaban J connectivity index is 3.36. The number of halogens is 2. The number of carbonyl (C=O) groups excluding carboxylic acids is 2. The minimum Gasteiger partial charge on any atom is -0.496 e. The van der Waals surface area contributed by atoms with Crippen LogP contribution in [0.3, 0.4) is 0 Å². The molecule has 0 radical (unpaired) electrons. The number of hydrogen-bond acceptors (Lipinski definition) is 3. The highest BCUT2D eigenvalue weighted by Gasteiger charge is 2.16. The Bertz CT molecular complexity index is 404. The number of ether oxygens (including phenoxy) is 1. The Hall–Kier alpha value is -0.430. The Kier molecular flexibility index (Phi) is 4.72. The smallest absolute Gasteiger partial charge is 0.178 e. The summed E-state index contributed by atoms with van der Waals surface area (Å²) in [5.41, 5.74) is 1.02. The van der Waals surface area contributed by atoms with E-state index in [0.717, 1.165) is 9.86 Å². The normalized spacial score (nSPS) is 9.80. The maximum atomic E-state index is 11.6. The highest BCUT2D eigenvalue weighted by atomic mass is 127. The molecule has 0 unspecified atom stereocenters. The van der Waals surface area contributed by atoms with E-state index in [2.05, 4.69) is 15.9 Å². The van der Waals surface area contributed by atoms with Gasteiger partial charge in [-0.25, -0.2) is 0 Å². The molecular formula is C10H8BrIO3. The second-order valence-corrected chi connectivity index (χ2v) is 4.48. The molecule has 80 valence electrons. The van der Waals surface area contributed by atoms with Crippen LogP contribution in [-0.2, 0) is 0 Å². The average Bonchev–Trinajstić information content (AvgIpc) is 2.26. The lowest BCUT2D eigenvalue weighted by atomic mass is 10.1. The molecule has 0 atom stereocenters. The van der Waals surface area contributed by atoms with Crippen LogP contribution in [0.15, 0.2) is 12.1 Å². The SMILES string of the molecule is COc1cc(C=O)cc(I)c1C(=O)CBr. The van der Waals surface area contributed by atoms with Crippen molar-refractivity contribution < 1.29 is 14.3 Å². The van der Waals surface area contributed by atoms with Crippen molar-refractivity contribution in [3.8, 4) is 5.75 Å². The van der Waals surface area contributed by atoms with Crippen LogP contribution in [-0.4, -0.2) is 24.5 Å². The summed E-state index contributed by atoms with van der Waals surface area (Å²) in [6.07, 6.45) is 0.729.